The molecule has 0 unspecified atom stereocenters. The van der Waals surface area contributed by atoms with E-state index in [1.54, 1.807) is 17.0 Å². The van der Waals surface area contributed by atoms with Crippen molar-refractivity contribution in [3.63, 3.8) is 0 Å². The van der Waals surface area contributed by atoms with Crippen LogP contribution in [0.1, 0.15) is 16.7 Å². The quantitative estimate of drug-likeness (QED) is 0.340. The Balaban J connectivity index is 1.61. The molecule has 1 aliphatic heterocycles. The smallest absolute Gasteiger partial charge is 0.414 e. The molecule has 4 aromatic rings. The molecule has 2 N–H and O–H groups in total. The predicted octanol–water partition coefficient (Wildman–Crippen LogP) is 5.71. The number of cyclic esters (lactones) is 1. The second-order valence-corrected chi connectivity index (χ2v) is 9.15. The van der Waals surface area contributed by atoms with Crippen molar-refractivity contribution in [2.45, 2.75) is 6.54 Å². The van der Waals surface area contributed by atoms with Gasteiger partial charge in [-0.25, -0.2) is 9.79 Å². The van der Waals surface area contributed by atoms with Crippen molar-refractivity contribution in [2.24, 2.45) is 4.99 Å². The van der Waals surface area contributed by atoms with E-state index < -0.39 is 0 Å². The zero-order chi connectivity index (χ0) is 24.5. The number of anilines is 1. The summed E-state index contributed by atoms with van der Waals surface area (Å²) in [5, 5.41) is 12.3. The molecule has 1 aromatic heterocycles. The molecule has 1 saturated heterocycles. The van der Waals surface area contributed by atoms with Crippen LogP contribution >= 0.6 is 11.6 Å². The van der Waals surface area contributed by atoms with E-state index in [2.05, 4.69) is 9.88 Å². The first-order chi connectivity index (χ1) is 16.9. The van der Waals surface area contributed by atoms with Gasteiger partial charge in [-0.05, 0) is 56.1 Å². The normalized spacial score (nSPS) is 14.2. The number of benzene rings is 3. The van der Waals surface area contributed by atoms with Crippen molar-refractivity contribution < 1.29 is 14.6 Å². The Bertz CT molecular complexity index is 1410. The third-order valence-corrected chi connectivity index (χ3v) is 6.10. The number of hydrogen-bond acceptors (Lipinski definition) is 5. The number of carbonyl (C=O) groups excluding carboxylic acids is 1. The minimum absolute atomic E-state index is 0.0115. The summed E-state index contributed by atoms with van der Waals surface area (Å²) in [6.45, 7) is 1.73. The number of nitrogens with one attached hydrogen (secondary N) is 1. The molecule has 5 rings (SSSR count). The highest BCUT2D eigenvalue weighted by atomic mass is 35.5. The molecule has 1 amide bonds. The molecule has 3 aromatic carbocycles. The number of rotatable bonds is 6. The van der Waals surface area contributed by atoms with Gasteiger partial charge in [-0.15, -0.1) is 0 Å². The maximum atomic E-state index is 12.0. The summed E-state index contributed by atoms with van der Waals surface area (Å²) in [6.07, 6.45) is -0.351. The molecule has 1 fully saturated rings. The van der Waals surface area contributed by atoms with Crippen LogP contribution in [0, 0.1) is 0 Å². The van der Waals surface area contributed by atoms with Crippen LogP contribution in [0.5, 0.6) is 5.88 Å². The van der Waals surface area contributed by atoms with Crippen LogP contribution in [0.3, 0.4) is 0 Å². The van der Waals surface area contributed by atoms with Crippen molar-refractivity contribution in [3.05, 3.63) is 88.4 Å². The fraction of sp³-hybridized carbons (Fsp3) is 0.185. The summed E-state index contributed by atoms with van der Waals surface area (Å²) in [4.78, 5) is 23.6. The van der Waals surface area contributed by atoms with Crippen LogP contribution in [-0.4, -0.2) is 54.0 Å². The van der Waals surface area contributed by atoms with Gasteiger partial charge >= 0.3 is 6.09 Å². The lowest BCUT2D eigenvalue weighted by molar-refractivity contribution is 0.181. The lowest BCUT2D eigenvalue weighted by Gasteiger charge is -2.14. The molecule has 1 aliphatic rings. The van der Waals surface area contributed by atoms with Gasteiger partial charge < -0.3 is 19.7 Å². The van der Waals surface area contributed by atoms with Gasteiger partial charge in [0.15, 0.2) is 5.88 Å². The molecule has 2 heterocycles. The van der Waals surface area contributed by atoms with Crippen molar-refractivity contribution in [2.75, 3.05) is 32.1 Å². The van der Waals surface area contributed by atoms with E-state index in [1.165, 1.54) is 5.56 Å². The molecule has 0 spiro atoms. The Hall–Kier alpha value is -3.81. The number of H-pyrrole nitrogens is 1. The first-order valence-corrected chi connectivity index (χ1v) is 11.6. The number of aromatic nitrogens is 1. The summed E-state index contributed by atoms with van der Waals surface area (Å²) in [7, 11) is 4.06. The average molecular weight is 489 g/mol. The van der Waals surface area contributed by atoms with Crippen LogP contribution in [0.4, 0.5) is 16.2 Å². The molecule has 35 heavy (non-hydrogen) atoms. The number of aliphatic imine (C=N–C) groups is 1. The number of fused-ring (bicyclic) bond motifs is 1. The number of ether oxygens (including phenoxy) is 1. The van der Waals surface area contributed by atoms with Crippen molar-refractivity contribution in [1.29, 1.82) is 0 Å². The van der Waals surface area contributed by atoms with Gasteiger partial charge in [0.25, 0.3) is 0 Å². The molecule has 8 heteroatoms. The SMILES string of the molecule is CN(C)Cc1ccc(N=C(c2ccc(N3CCOC3=O)cc2)c2c(O)[nH]c3cc(Cl)ccc23)cc1. The van der Waals surface area contributed by atoms with Crippen molar-refractivity contribution >= 4 is 45.7 Å². The van der Waals surface area contributed by atoms with Gasteiger partial charge in [-0.1, -0.05) is 41.9 Å². The Kier molecular flexibility index (Phi) is 6.19. The highest BCUT2D eigenvalue weighted by Crippen LogP contribution is 2.33. The second kappa shape index (κ2) is 9.44. The Morgan fingerprint density at radius 1 is 1.11 bits per heavy atom. The Morgan fingerprint density at radius 2 is 1.86 bits per heavy atom. The molecule has 0 radical (unpaired) electrons. The number of nitrogens with zero attached hydrogens (tertiary/aromatic N) is 3. The van der Waals surface area contributed by atoms with E-state index in [4.69, 9.17) is 21.3 Å². The summed E-state index contributed by atoms with van der Waals surface area (Å²) in [6, 6.07) is 21.0. The number of hydrogen-bond donors (Lipinski definition) is 2. The standard InChI is InChI=1S/C27H25ClN4O3/c1-31(2)16-17-3-8-20(9-4-17)29-25(24-22-12-7-19(28)15-23(22)30-26(24)33)18-5-10-21(11-6-18)32-13-14-35-27(32)34/h3-12,15,30,33H,13-14,16H2,1-2H3. The third-order valence-electron chi connectivity index (χ3n) is 5.87. The summed E-state index contributed by atoms with van der Waals surface area (Å²) < 4.78 is 5.05. The monoisotopic (exact) mass is 488 g/mol. The number of aromatic hydroxyl groups is 1. The van der Waals surface area contributed by atoms with Gasteiger partial charge in [-0.3, -0.25) is 4.90 Å². The van der Waals surface area contributed by atoms with E-state index in [0.717, 1.165) is 34.4 Å². The van der Waals surface area contributed by atoms with Crippen molar-refractivity contribution in [1.82, 2.24) is 9.88 Å². The minimum Gasteiger partial charge on any atom is -0.494 e. The van der Waals surface area contributed by atoms with Gasteiger partial charge in [-0.2, -0.15) is 0 Å². The molecule has 178 valence electrons. The van der Waals surface area contributed by atoms with E-state index in [9.17, 15) is 9.90 Å². The topological polar surface area (TPSA) is 81.2 Å². The zero-order valence-electron chi connectivity index (χ0n) is 19.5. The maximum absolute atomic E-state index is 12.0. The van der Waals surface area contributed by atoms with Crippen LogP contribution in [-0.2, 0) is 11.3 Å². The summed E-state index contributed by atoms with van der Waals surface area (Å²) in [5.41, 5.74) is 5.40. The molecular weight excluding hydrogens is 464 g/mol. The number of carbonyl (C=O) groups is 1. The van der Waals surface area contributed by atoms with Crippen LogP contribution in [0.25, 0.3) is 10.9 Å². The van der Waals surface area contributed by atoms with Gasteiger partial charge in [0.05, 0.1) is 29.0 Å². The Labute approximate surface area is 208 Å². The van der Waals surface area contributed by atoms with Gasteiger partial charge in [0, 0.05) is 28.2 Å². The van der Waals surface area contributed by atoms with Crippen molar-refractivity contribution in [3.8, 4) is 5.88 Å². The van der Waals surface area contributed by atoms with Gasteiger partial charge in [0.1, 0.15) is 6.61 Å². The average Bonchev–Trinajstić information content (AvgIpc) is 3.40. The second-order valence-electron chi connectivity index (χ2n) is 8.72. The fourth-order valence-corrected chi connectivity index (χ4v) is 4.43. The number of aromatic amines is 1. The Morgan fingerprint density at radius 3 is 2.51 bits per heavy atom. The first kappa shape index (κ1) is 23.0. The van der Waals surface area contributed by atoms with E-state index in [-0.39, 0.29) is 12.0 Å². The summed E-state index contributed by atoms with van der Waals surface area (Å²) >= 11 is 6.17. The molecule has 0 bridgehead atoms. The van der Waals surface area contributed by atoms with Crippen LogP contribution in [0.2, 0.25) is 5.02 Å². The maximum Gasteiger partial charge on any atom is 0.414 e. The highest BCUT2D eigenvalue weighted by Gasteiger charge is 2.24. The summed E-state index contributed by atoms with van der Waals surface area (Å²) in [5.74, 6) is 0.0115. The van der Waals surface area contributed by atoms with Crippen LogP contribution < -0.4 is 4.90 Å². The van der Waals surface area contributed by atoms with E-state index in [1.807, 2.05) is 68.7 Å². The molecule has 0 saturated carbocycles. The zero-order valence-corrected chi connectivity index (χ0v) is 20.2. The number of amides is 1. The molecule has 0 atom stereocenters. The lowest BCUT2D eigenvalue weighted by Crippen LogP contribution is -2.23. The number of halogens is 1. The molecule has 7 nitrogen and oxygen atoms in total. The van der Waals surface area contributed by atoms with Crippen LogP contribution in [0.15, 0.2) is 71.7 Å². The predicted molar refractivity (Wildman–Crippen MR) is 139 cm³/mol. The molecular formula is C27H25ClN4O3. The van der Waals surface area contributed by atoms with E-state index >= 15 is 0 Å². The minimum atomic E-state index is -0.351. The highest BCUT2D eigenvalue weighted by molar-refractivity contribution is 6.31. The first-order valence-electron chi connectivity index (χ1n) is 11.3. The van der Waals surface area contributed by atoms with Gasteiger partial charge in [0.2, 0.25) is 0 Å². The largest absolute Gasteiger partial charge is 0.494 e. The molecule has 0 aliphatic carbocycles. The third kappa shape index (κ3) is 4.73. The fourth-order valence-electron chi connectivity index (χ4n) is 4.26. The lowest BCUT2D eigenvalue weighted by atomic mass is 10.00. The van der Waals surface area contributed by atoms with E-state index in [0.29, 0.717) is 29.4 Å².